The highest BCUT2D eigenvalue weighted by molar-refractivity contribution is 5.82. The summed E-state index contributed by atoms with van der Waals surface area (Å²) in [6.07, 6.45) is 7.48. The van der Waals surface area contributed by atoms with Gasteiger partial charge in [-0.05, 0) is 43.4 Å². The summed E-state index contributed by atoms with van der Waals surface area (Å²) in [6, 6.07) is 0. The number of ketones is 1. The van der Waals surface area contributed by atoms with Gasteiger partial charge in [0.05, 0.1) is 6.42 Å². The van der Waals surface area contributed by atoms with Crippen molar-refractivity contribution in [3.63, 3.8) is 0 Å². The van der Waals surface area contributed by atoms with Gasteiger partial charge in [0.15, 0.2) is 0 Å². The van der Waals surface area contributed by atoms with E-state index in [2.05, 4.69) is 37.8 Å². The summed E-state index contributed by atoms with van der Waals surface area (Å²) in [7, 11) is 0. The van der Waals surface area contributed by atoms with Gasteiger partial charge in [0.25, 0.3) is 0 Å². The number of nitrogens with zero attached hydrogens (tertiary/aromatic N) is 3. The fraction of sp³-hybridized carbons (Fsp3) is 0.824. The molecule has 0 atom stereocenters. The summed E-state index contributed by atoms with van der Waals surface area (Å²) < 4.78 is 1.87. The lowest BCUT2D eigenvalue weighted by atomic mass is 9.69. The van der Waals surface area contributed by atoms with Crippen LogP contribution in [-0.4, -0.2) is 20.5 Å². The molecule has 4 nitrogen and oxygen atoms in total. The average Bonchev–Trinajstić information content (AvgIpc) is 2.86. The zero-order valence-electron chi connectivity index (χ0n) is 13.9. The van der Waals surface area contributed by atoms with Crippen LogP contribution in [0.15, 0.2) is 6.33 Å². The summed E-state index contributed by atoms with van der Waals surface area (Å²) in [5.41, 5.74) is 0.370. The second-order valence-corrected chi connectivity index (χ2v) is 7.46. The Morgan fingerprint density at radius 1 is 1.29 bits per heavy atom. The molecule has 1 saturated carbocycles. The minimum atomic E-state index is 0.232. The van der Waals surface area contributed by atoms with Gasteiger partial charge in [-0.15, -0.1) is 0 Å². The van der Waals surface area contributed by atoms with Crippen molar-refractivity contribution in [2.75, 3.05) is 0 Å². The molecular formula is C17H29N3O. The van der Waals surface area contributed by atoms with E-state index in [9.17, 15) is 4.79 Å². The van der Waals surface area contributed by atoms with Crippen molar-refractivity contribution >= 4 is 5.78 Å². The SMILES string of the molecule is CCCn1ncnc1CC(=O)C1CCC(C(C)(C)C)CC1. The molecule has 2 rings (SSSR count). The molecule has 0 bridgehead atoms. The van der Waals surface area contributed by atoms with Crippen LogP contribution in [0.2, 0.25) is 0 Å². The van der Waals surface area contributed by atoms with Crippen LogP contribution >= 0.6 is 0 Å². The smallest absolute Gasteiger partial charge is 0.143 e. The third-order valence-electron chi connectivity index (χ3n) is 4.87. The van der Waals surface area contributed by atoms with E-state index in [1.807, 2.05) is 4.68 Å². The largest absolute Gasteiger partial charge is 0.299 e. The summed E-state index contributed by atoms with van der Waals surface area (Å²) in [4.78, 5) is 16.8. The first-order valence-corrected chi connectivity index (χ1v) is 8.31. The van der Waals surface area contributed by atoms with Gasteiger partial charge in [0, 0.05) is 12.5 Å². The molecule has 1 aromatic rings. The Morgan fingerprint density at radius 2 is 1.95 bits per heavy atom. The lowest BCUT2D eigenvalue weighted by molar-refractivity contribution is -0.123. The molecule has 1 heterocycles. The van der Waals surface area contributed by atoms with Gasteiger partial charge < -0.3 is 0 Å². The van der Waals surface area contributed by atoms with Gasteiger partial charge in [0.2, 0.25) is 0 Å². The number of hydrogen-bond donors (Lipinski definition) is 0. The van der Waals surface area contributed by atoms with E-state index in [1.165, 1.54) is 12.8 Å². The number of hydrogen-bond acceptors (Lipinski definition) is 3. The summed E-state index contributed by atoms with van der Waals surface area (Å²) >= 11 is 0. The zero-order chi connectivity index (χ0) is 15.5. The van der Waals surface area contributed by atoms with Crippen molar-refractivity contribution in [2.24, 2.45) is 17.3 Å². The first kappa shape index (κ1) is 16.2. The molecule has 0 amide bonds. The molecule has 0 spiro atoms. The van der Waals surface area contributed by atoms with Crippen molar-refractivity contribution in [3.05, 3.63) is 12.2 Å². The lowest BCUT2D eigenvalue weighted by Crippen LogP contribution is -2.29. The van der Waals surface area contributed by atoms with Gasteiger partial charge >= 0.3 is 0 Å². The highest BCUT2D eigenvalue weighted by atomic mass is 16.1. The van der Waals surface area contributed by atoms with E-state index in [0.717, 1.165) is 37.5 Å². The first-order valence-electron chi connectivity index (χ1n) is 8.31. The van der Waals surface area contributed by atoms with Crippen molar-refractivity contribution in [1.82, 2.24) is 14.8 Å². The lowest BCUT2D eigenvalue weighted by Gasteiger charge is -2.36. The highest BCUT2D eigenvalue weighted by Gasteiger charge is 2.32. The molecule has 0 N–H and O–H groups in total. The van der Waals surface area contributed by atoms with Gasteiger partial charge in [-0.1, -0.05) is 27.7 Å². The van der Waals surface area contributed by atoms with E-state index in [1.54, 1.807) is 6.33 Å². The van der Waals surface area contributed by atoms with E-state index < -0.39 is 0 Å². The van der Waals surface area contributed by atoms with Crippen molar-refractivity contribution < 1.29 is 4.79 Å². The molecule has 21 heavy (non-hydrogen) atoms. The number of rotatable bonds is 5. The third kappa shape index (κ3) is 4.14. The van der Waals surface area contributed by atoms with Crippen LogP contribution in [0.5, 0.6) is 0 Å². The fourth-order valence-electron chi connectivity index (χ4n) is 3.41. The molecule has 0 radical (unpaired) electrons. The van der Waals surface area contributed by atoms with E-state index in [0.29, 0.717) is 17.6 Å². The fourth-order valence-corrected chi connectivity index (χ4v) is 3.41. The Hall–Kier alpha value is -1.19. The Balaban J connectivity index is 1.89. The molecule has 0 unspecified atom stereocenters. The van der Waals surface area contributed by atoms with Crippen molar-refractivity contribution in [3.8, 4) is 0 Å². The summed E-state index contributed by atoms with van der Waals surface area (Å²) in [5.74, 6) is 2.17. The van der Waals surface area contributed by atoms with E-state index >= 15 is 0 Å². The van der Waals surface area contributed by atoms with Crippen LogP contribution in [0.25, 0.3) is 0 Å². The quantitative estimate of drug-likeness (QED) is 0.832. The van der Waals surface area contributed by atoms with Crippen molar-refractivity contribution in [1.29, 1.82) is 0 Å². The predicted molar refractivity (Wildman–Crippen MR) is 83.9 cm³/mol. The summed E-state index contributed by atoms with van der Waals surface area (Å²) in [6.45, 7) is 9.90. The predicted octanol–water partition coefficient (Wildman–Crippen LogP) is 3.65. The molecule has 1 fully saturated rings. The van der Waals surface area contributed by atoms with Crippen LogP contribution in [0.1, 0.15) is 65.6 Å². The second-order valence-electron chi connectivity index (χ2n) is 7.46. The molecule has 1 aliphatic rings. The summed E-state index contributed by atoms with van der Waals surface area (Å²) in [5, 5.41) is 4.20. The Bertz CT molecular complexity index is 465. The van der Waals surface area contributed by atoms with Crippen LogP contribution in [-0.2, 0) is 17.8 Å². The average molecular weight is 291 g/mol. The Kier molecular flexibility index (Phi) is 5.17. The minimum absolute atomic E-state index is 0.232. The number of carbonyl (C=O) groups is 1. The molecule has 1 aliphatic carbocycles. The van der Waals surface area contributed by atoms with Crippen LogP contribution in [0.3, 0.4) is 0 Å². The topological polar surface area (TPSA) is 47.8 Å². The molecule has 4 heteroatoms. The zero-order valence-corrected chi connectivity index (χ0v) is 13.9. The maximum Gasteiger partial charge on any atom is 0.143 e. The second kappa shape index (κ2) is 6.71. The van der Waals surface area contributed by atoms with Crippen LogP contribution in [0.4, 0.5) is 0 Å². The van der Waals surface area contributed by atoms with Gasteiger partial charge in [-0.3, -0.25) is 4.79 Å². The monoisotopic (exact) mass is 291 g/mol. The molecular weight excluding hydrogens is 262 g/mol. The molecule has 0 aliphatic heterocycles. The Morgan fingerprint density at radius 3 is 2.52 bits per heavy atom. The molecule has 0 saturated heterocycles. The molecule has 0 aromatic carbocycles. The van der Waals surface area contributed by atoms with Gasteiger partial charge in [0.1, 0.15) is 17.9 Å². The van der Waals surface area contributed by atoms with Gasteiger partial charge in [-0.25, -0.2) is 9.67 Å². The minimum Gasteiger partial charge on any atom is -0.299 e. The molecule has 118 valence electrons. The van der Waals surface area contributed by atoms with Gasteiger partial charge in [-0.2, -0.15) is 5.10 Å². The maximum atomic E-state index is 12.5. The standard InChI is InChI=1S/C17H29N3O/c1-5-10-20-16(18-12-19-20)11-15(21)13-6-8-14(9-7-13)17(2,3)4/h12-14H,5-11H2,1-4H3. The number of Topliss-reactive ketones (excluding diaryl/α,β-unsaturated/α-hetero) is 1. The number of aromatic nitrogens is 3. The maximum absolute atomic E-state index is 12.5. The number of aryl methyl sites for hydroxylation is 1. The normalized spacial score (nSPS) is 23.2. The van der Waals surface area contributed by atoms with E-state index in [-0.39, 0.29) is 5.92 Å². The van der Waals surface area contributed by atoms with Crippen LogP contribution < -0.4 is 0 Å². The van der Waals surface area contributed by atoms with Crippen LogP contribution in [0, 0.1) is 17.3 Å². The third-order valence-corrected chi connectivity index (χ3v) is 4.87. The van der Waals surface area contributed by atoms with Crippen molar-refractivity contribution in [2.45, 2.75) is 72.8 Å². The van der Waals surface area contributed by atoms with E-state index in [4.69, 9.17) is 0 Å². The molecule has 1 aromatic heterocycles. The Labute approximate surface area is 128 Å². The number of carbonyl (C=O) groups excluding carboxylic acids is 1. The highest BCUT2D eigenvalue weighted by Crippen LogP contribution is 2.40. The first-order chi connectivity index (χ1) is 9.91.